The molecular formula is C27H30F6N2O4. The zero-order valence-corrected chi connectivity index (χ0v) is 21.5. The molecule has 4 rings (SSSR count). The van der Waals surface area contributed by atoms with E-state index in [1.165, 1.54) is 4.90 Å². The van der Waals surface area contributed by atoms with Gasteiger partial charge in [-0.15, -0.1) is 0 Å². The summed E-state index contributed by atoms with van der Waals surface area (Å²) in [4.78, 5) is 26.9. The van der Waals surface area contributed by atoms with E-state index in [0.717, 1.165) is 12.5 Å². The number of ether oxygens (including phenoxy) is 1. The molecule has 12 heteroatoms. The van der Waals surface area contributed by atoms with Crippen molar-refractivity contribution in [1.82, 2.24) is 10.2 Å². The van der Waals surface area contributed by atoms with Crippen molar-refractivity contribution >= 4 is 11.9 Å². The topological polar surface area (TPSA) is 78.9 Å². The summed E-state index contributed by atoms with van der Waals surface area (Å²) in [6.07, 6.45) is -3.97. The number of hydrogen-bond donors (Lipinski definition) is 2. The van der Waals surface area contributed by atoms with Gasteiger partial charge in [-0.05, 0) is 67.9 Å². The van der Waals surface area contributed by atoms with Crippen molar-refractivity contribution in [1.29, 1.82) is 0 Å². The van der Waals surface area contributed by atoms with Gasteiger partial charge in [-0.3, -0.25) is 9.69 Å². The molecule has 6 nitrogen and oxygen atoms in total. The van der Waals surface area contributed by atoms with Gasteiger partial charge in [0.1, 0.15) is 17.0 Å². The predicted molar refractivity (Wildman–Crippen MR) is 128 cm³/mol. The highest BCUT2D eigenvalue weighted by atomic mass is 19.4. The minimum atomic E-state index is -5.99. The first-order valence-corrected chi connectivity index (χ1v) is 12.8. The molecule has 2 fully saturated rings. The molecule has 0 bridgehead atoms. The second-order valence-corrected chi connectivity index (χ2v) is 10.6. The minimum absolute atomic E-state index is 0.0396. The lowest BCUT2D eigenvalue weighted by molar-refractivity contribution is -0.376. The molecule has 214 valence electrons. The number of allylic oxidation sites excluding steroid dienone is 2. The Morgan fingerprint density at radius 2 is 1.85 bits per heavy atom. The highest BCUT2D eigenvalue weighted by molar-refractivity contribution is 6.07. The van der Waals surface area contributed by atoms with Crippen LogP contribution < -0.4 is 10.1 Å². The summed E-state index contributed by atoms with van der Waals surface area (Å²) < 4.78 is 86.2. The highest BCUT2D eigenvalue weighted by Crippen LogP contribution is 2.50. The number of alkyl halides is 6. The Morgan fingerprint density at radius 1 is 1.15 bits per heavy atom. The maximum atomic E-state index is 13.4. The first-order chi connectivity index (χ1) is 18.1. The first kappa shape index (κ1) is 29.0. The second kappa shape index (κ2) is 10.2. The smallest absolute Gasteiger partial charge is 0.430 e. The average Bonchev–Trinajstić information content (AvgIpc) is 3.32. The fourth-order valence-corrected chi connectivity index (χ4v) is 5.57. The summed E-state index contributed by atoms with van der Waals surface area (Å²) in [6, 6.07) is 1.74. The summed E-state index contributed by atoms with van der Waals surface area (Å²) in [6.45, 7) is 3.83. The van der Waals surface area contributed by atoms with Crippen LogP contribution in [-0.4, -0.2) is 46.4 Å². The molecule has 1 aromatic rings. The number of nitrogens with zero attached hydrogens (tertiary/aromatic N) is 1. The number of carbonyl (C=O) groups excluding carboxylic acids is 2. The largest absolute Gasteiger partial charge is 0.457 e. The van der Waals surface area contributed by atoms with Gasteiger partial charge in [0, 0.05) is 18.0 Å². The lowest BCUT2D eigenvalue weighted by Crippen LogP contribution is -2.53. The summed E-state index contributed by atoms with van der Waals surface area (Å²) in [5.74, 6) is 0.0685. The molecule has 1 aliphatic heterocycles. The van der Waals surface area contributed by atoms with E-state index in [1.807, 2.05) is 6.92 Å². The third kappa shape index (κ3) is 5.27. The van der Waals surface area contributed by atoms with Crippen LogP contribution in [0.1, 0.15) is 57.1 Å². The van der Waals surface area contributed by atoms with Crippen molar-refractivity contribution in [2.24, 2.45) is 11.8 Å². The molecule has 3 aliphatic rings. The van der Waals surface area contributed by atoms with E-state index in [-0.39, 0.29) is 41.9 Å². The van der Waals surface area contributed by atoms with Gasteiger partial charge in [-0.1, -0.05) is 32.4 Å². The molecule has 1 aromatic carbocycles. The maximum absolute atomic E-state index is 13.4. The molecule has 2 unspecified atom stereocenters. The van der Waals surface area contributed by atoms with Crippen molar-refractivity contribution in [2.75, 3.05) is 6.54 Å². The number of imide groups is 1. The van der Waals surface area contributed by atoms with Crippen LogP contribution in [0, 0.1) is 11.8 Å². The molecule has 1 heterocycles. The second-order valence-electron chi connectivity index (χ2n) is 10.6. The van der Waals surface area contributed by atoms with Crippen LogP contribution >= 0.6 is 0 Å². The summed E-state index contributed by atoms with van der Waals surface area (Å²) >= 11 is 0. The van der Waals surface area contributed by atoms with Crippen LogP contribution in [0.25, 0.3) is 0 Å². The number of aliphatic hydroxyl groups is 1. The van der Waals surface area contributed by atoms with Crippen molar-refractivity contribution in [3.05, 3.63) is 53.3 Å². The molecule has 0 aromatic heterocycles. The first-order valence-electron chi connectivity index (χ1n) is 12.8. The number of urea groups is 1. The van der Waals surface area contributed by atoms with E-state index in [4.69, 9.17) is 4.74 Å². The van der Waals surface area contributed by atoms with E-state index >= 15 is 0 Å². The van der Waals surface area contributed by atoms with Gasteiger partial charge in [0.2, 0.25) is 0 Å². The van der Waals surface area contributed by atoms with E-state index in [9.17, 15) is 41.0 Å². The van der Waals surface area contributed by atoms with Gasteiger partial charge >= 0.3 is 18.4 Å². The zero-order chi connectivity index (χ0) is 28.8. The Balaban J connectivity index is 1.55. The van der Waals surface area contributed by atoms with Crippen molar-refractivity contribution in [3.8, 4) is 5.75 Å². The maximum Gasteiger partial charge on any atom is 0.430 e. The van der Waals surface area contributed by atoms with Gasteiger partial charge in [0.25, 0.3) is 11.5 Å². The number of amides is 3. The van der Waals surface area contributed by atoms with E-state index in [1.54, 1.807) is 25.2 Å². The average molecular weight is 561 g/mol. The van der Waals surface area contributed by atoms with E-state index in [0.29, 0.717) is 43.7 Å². The van der Waals surface area contributed by atoms with E-state index in [2.05, 4.69) is 5.32 Å². The molecule has 39 heavy (non-hydrogen) atoms. The van der Waals surface area contributed by atoms with Crippen LogP contribution in [0.3, 0.4) is 0 Å². The molecule has 3 atom stereocenters. The molecule has 2 aliphatic carbocycles. The van der Waals surface area contributed by atoms with Gasteiger partial charge < -0.3 is 15.2 Å². The third-order valence-corrected chi connectivity index (χ3v) is 7.59. The van der Waals surface area contributed by atoms with Gasteiger partial charge in [0.15, 0.2) is 0 Å². The predicted octanol–water partition coefficient (Wildman–Crippen LogP) is 5.90. The van der Waals surface area contributed by atoms with Crippen molar-refractivity contribution in [3.63, 3.8) is 0 Å². The lowest BCUT2D eigenvalue weighted by atomic mass is 9.90. The molecule has 1 spiro atoms. The van der Waals surface area contributed by atoms with Gasteiger partial charge in [0.05, 0.1) is 0 Å². The minimum Gasteiger partial charge on any atom is -0.457 e. The number of rotatable bonds is 7. The third-order valence-electron chi connectivity index (χ3n) is 7.59. The summed E-state index contributed by atoms with van der Waals surface area (Å²) in [5, 5.41) is 12.6. The van der Waals surface area contributed by atoms with Crippen LogP contribution in [0.5, 0.6) is 5.75 Å². The summed E-state index contributed by atoms with van der Waals surface area (Å²) in [7, 11) is 0. The van der Waals surface area contributed by atoms with Crippen molar-refractivity contribution < 1.29 is 45.8 Å². The Bertz CT molecular complexity index is 1180. The normalized spacial score (nSPS) is 25.9. The number of benzene rings is 1. The number of halogens is 6. The quantitative estimate of drug-likeness (QED) is 0.322. The Kier molecular flexibility index (Phi) is 7.57. The van der Waals surface area contributed by atoms with Crippen LogP contribution in [0.2, 0.25) is 0 Å². The number of nitrogens with one attached hydrogen (secondary N) is 1. The molecule has 0 radical (unpaired) electrons. The fourth-order valence-electron chi connectivity index (χ4n) is 5.57. The van der Waals surface area contributed by atoms with Crippen LogP contribution in [-0.2, 0) is 16.8 Å². The Morgan fingerprint density at radius 3 is 2.44 bits per heavy atom. The number of hydrogen-bond acceptors (Lipinski definition) is 4. The lowest BCUT2D eigenvalue weighted by Gasteiger charge is -2.33. The zero-order valence-electron chi connectivity index (χ0n) is 21.5. The Labute approximate surface area is 221 Å². The summed E-state index contributed by atoms with van der Waals surface area (Å²) in [5.41, 5.74) is -7.19. The van der Waals surface area contributed by atoms with Crippen LogP contribution in [0.15, 0.2) is 42.2 Å². The van der Waals surface area contributed by atoms with Crippen molar-refractivity contribution in [2.45, 2.75) is 75.9 Å². The molecule has 1 saturated carbocycles. The van der Waals surface area contributed by atoms with Gasteiger partial charge in [-0.25, -0.2) is 4.79 Å². The monoisotopic (exact) mass is 560 g/mol. The number of aryl methyl sites for hydroxylation is 1. The Hall–Kier alpha value is -3.02. The van der Waals surface area contributed by atoms with Crippen LogP contribution in [0.4, 0.5) is 31.1 Å². The standard InChI is InChI=1S/C27H30F6N2O4/c1-3-5-18-13-19(25(38,26(28,29)30)27(31,32)33)8-9-21(18)39-20-7-4-6-17(12-20)15-35-22(36)24(34-23(35)37)11-10-16(2)14-24/h4,7-9,12-13,16-17,38H,3,5-6,10-11,14-15H2,1-2H3,(H,34,37)/t16-,17?,24?/m1/s1. The molecule has 3 amide bonds. The SMILES string of the molecule is CCCc1cc(C(O)(C(F)(F)F)C(F)(F)F)ccc1OC1=CC(CN2C(=O)NC3(CC[C@@H](C)C3)C2=O)CC=C1. The number of carbonyl (C=O) groups is 2. The fraction of sp³-hybridized carbons (Fsp3) is 0.556. The highest BCUT2D eigenvalue weighted by Gasteiger charge is 2.71. The van der Waals surface area contributed by atoms with E-state index < -0.39 is 35.1 Å². The molecular weight excluding hydrogens is 530 g/mol. The molecule has 2 N–H and O–H groups in total. The van der Waals surface area contributed by atoms with Gasteiger partial charge in [-0.2, -0.15) is 26.3 Å². The molecule has 1 saturated heterocycles.